The van der Waals surface area contributed by atoms with Crippen LogP contribution in [0.1, 0.15) is 36.8 Å². The molecule has 230 valence electrons. The molecule has 0 aromatic heterocycles. The number of carbonyl (C=O) groups is 2. The molecule has 1 N–H and O–H groups in total. The van der Waals surface area contributed by atoms with Crippen molar-refractivity contribution >= 4 is 17.7 Å². The summed E-state index contributed by atoms with van der Waals surface area (Å²) in [5, 5.41) is 9.41. The van der Waals surface area contributed by atoms with Crippen LogP contribution in [0.4, 0.5) is 50.0 Å². The number of likely N-dealkylation sites (tertiary alicyclic amines) is 2. The van der Waals surface area contributed by atoms with E-state index in [1.165, 1.54) is 6.07 Å². The van der Waals surface area contributed by atoms with Crippen LogP contribution in [-0.2, 0) is 22.3 Å². The van der Waals surface area contributed by atoms with E-state index in [-0.39, 0.29) is 31.6 Å². The van der Waals surface area contributed by atoms with Crippen LogP contribution < -0.4 is 4.90 Å². The number of carboxylic acids is 1. The van der Waals surface area contributed by atoms with Crippen LogP contribution in [0.3, 0.4) is 0 Å². The van der Waals surface area contributed by atoms with Gasteiger partial charge in [-0.2, -0.15) is 39.5 Å². The fourth-order valence-corrected chi connectivity index (χ4v) is 5.80. The molecule has 0 unspecified atom stereocenters. The highest BCUT2D eigenvalue weighted by molar-refractivity contribution is 5.72. The Morgan fingerprint density at radius 3 is 2.12 bits per heavy atom. The highest BCUT2D eigenvalue weighted by atomic mass is 19.4. The van der Waals surface area contributed by atoms with Crippen LogP contribution in [0.2, 0.25) is 0 Å². The van der Waals surface area contributed by atoms with Gasteiger partial charge in [0.2, 0.25) is 0 Å². The van der Waals surface area contributed by atoms with E-state index in [1.807, 2.05) is 4.90 Å². The SMILES string of the molecule is O=C(O)[C@H]1CCCN(c2cc(C(F)(F)F)ccc2CN2CC3(CCN(C(=O)OC(C(F)(F)F)C(F)(F)F)CC3)C2)C1. The number of rotatable bonds is 5. The van der Waals surface area contributed by atoms with Gasteiger partial charge in [0.05, 0.1) is 11.5 Å². The Bertz CT molecular complexity index is 1110. The van der Waals surface area contributed by atoms with Crippen LogP contribution in [0.5, 0.6) is 0 Å². The Balaban J connectivity index is 1.38. The molecular formula is C25H28F9N3O4. The van der Waals surface area contributed by atoms with Crippen LogP contribution in [0, 0.1) is 11.3 Å². The molecule has 3 aliphatic heterocycles. The van der Waals surface area contributed by atoms with Gasteiger partial charge in [-0.05, 0) is 48.8 Å². The molecule has 7 nitrogen and oxygen atoms in total. The highest BCUT2D eigenvalue weighted by Gasteiger charge is 2.60. The maximum Gasteiger partial charge on any atom is 0.434 e. The summed E-state index contributed by atoms with van der Waals surface area (Å²) < 4.78 is 121. The average molecular weight is 605 g/mol. The molecule has 1 aromatic carbocycles. The number of carbonyl (C=O) groups excluding carboxylic acids is 1. The molecule has 3 heterocycles. The Kier molecular flexibility index (Phi) is 8.37. The van der Waals surface area contributed by atoms with Gasteiger partial charge in [0.25, 0.3) is 6.10 Å². The summed E-state index contributed by atoms with van der Waals surface area (Å²) >= 11 is 0. The zero-order valence-corrected chi connectivity index (χ0v) is 21.6. The van der Waals surface area contributed by atoms with Gasteiger partial charge in [-0.1, -0.05) is 6.07 Å². The topological polar surface area (TPSA) is 73.3 Å². The predicted octanol–water partition coefficient (Wildman–Crippen LogP) is 5.53. The number of halogens is 9. The van der Waals surface area contributed by atoms with Gasteiger partial charge < -0.3 is 19.6 Å². The molecule has 3 fully saturated rings. The van der Waals surface area contributed by atoms with E-state index in [1.54, 1.807) is 4.90 Å². The van der Waals surface area contributed by atoms with E-state index in [0.29, 0.717) is 56.6 Å². The second-order valence-corrected chi connectivity index (χ2v) is 10.9. The Morgan fingerprint density at radius 1 is 0.976 bits per heavy atom. The lowest BCUT2D eigenvalue weighted by atomic mass is 9.72. The molecule has 1 spiro atoms. The number of hydrogen-bond acceptors (Lipinski definition) is 5. The van der Waals surface area contributed by atoms with Crippen LogP contribution in [-0.4, -0.2) is 84.7 Å². The van der Waals surface area contributed by atoms with Crippen molar-refractivity contribution in [3.05, 3.63) is 29.3 Å². The second kappa shape index (κ2) is 11.1. The first-order valence-corrected chi connectivity index (χ1v) is 12.9. The van der Waals surface area contributed by atoms with Crippen LogP contribution in [0.15, 0.2) is 18.2 Å². The van der Waals surface area contributed by atoms with Crippen molar-refractivity contribution in [1.29, 1.82) is 0 Å². The van der Waals surface area contributed by atoms with Gasteiger partial charge in [0.1, 0.15) is 0 Å². The summed E-state index contributed by atoms with van der Waals surface area (Å²) in [4.78, 5) is 28.0. The number of piperidine rings is 2. The summed E-state index contributed by atoms with van der Waals surface area (Å²) in [5.41, 5.74) is -0.333. The minimum absolute atomic E-state index is 0.0725. The van der Waals surface area contributed by atoms with Gasteiger partial charge >= 0.3 is 30.6 Å². The number of alkyl halides is 9. The van der Waals surface area contributed by atoms with Gasteiger partial charge in [0.15, 0.2) is 0 Å². The van der Waals surface area contributed by atoms with Crippen LogP contribution in [0.25, 0.3) is 0 Å². The number of aliphatic carboxylic acids is 1. The van der Waals surface area contributed by atoms with E-state index in [4.69, 9.17) is 0 Å². The molecule has 1 aromatic rings. The van der Waals surface area contributed by atoms with E-state index >= 15 is 0 Å². The number of hydrogen-bond donors (Lipinski definition) is 1. The molecule has 3 aliphatic rings. The van der Waals surface area contributed by atoms with Gasteiger partial charge in [-0.15, -0.1) is 0 Å². The number of benzene rings is 1. The predicted molar refractivity (Wildman–Crippen MR) is 125 cm³/mol. The molecule has 0 radical (unpaired) electrons. The van der Waals surface area contributed by atoms with Crippen molar-refractivity contribution in [3.8, 4) is 0 Å². The summed E-state index contributed by atoms with van der Waals surface area (Å²) in [6.07, 6.45) is -20.6. The third kappa shape index (κ3) is 7.12. The van der Waals surface area contributed by atoms with Crippen LogP contribution >= 0.6 is 0 Å². The van der Waals surface area contributed by atoms with Gasteiger partial charge in [-0.3, -0.25) is 9.69 Å². The number of amides is 1. The molecule has 1 atom stereocenters. The summed E-state index contributed by atoms with van der Waals surface area (Å²) in [6.45, 7) is 1.44. The summed E-state index contributed by atoms with van der Waals surface area (Å²) in [5.74, 6) is -1.73. The quantitative estimate of drug-likeness (QED) is 0.445. The van der Waals surface area contributed by atoms with Crippen molar-refractivity contribution in [2.24, 2.45) is 11.3 Å². The average Bonchev–Trinajstić information content (AvgIpc) is 2.85. The van der Waals surface area contributed by atoms with Gasteiger partial charge in [0, 0.05) is 51.5 Å². The van der Waals surface area contributed by atoms with E-state index < -0.39 is 48.2 Å². The maximum absolute atomic E-state index is 13.5. The zero-order valence-electron chi connectivity index (χ0n) is 21.6. The van der Waals surface area contributed by atoms with E-state index in [0.717, 1.165) is 17.0 Å². The lowest BCUT2D eigenvalue weighted by molar-refractivity contribution is -0.308. The summed E-state index contributed by atoms with van der Waals surface area (Å²) in [6, 6.07) is 3.35. The molecule has 1 amide bonds. The molecule has 0 saturated carbocycles. The van der Waals surface area contributed by atoms with Crippen molar-refractivity contribution in [3.63, 3.8) is 0 Å². The third-order valence-electron chi connectivity index (χ3n) is 7.93. The minimum atomic E-state index is -5.81. The molecule has 16 heteroatoms. The number of carboxylic acid groups (broad SMARTS) is 1. The lowest BCUT2D eigenvalue weighted by Gasteiger charge is -2.54. The Hall–Kier alpha value is -2.91. The standard InChI is InChI=1S/C25H28F9N3O4/c26-23(27,28)17-4-3-15(18(10-17)37-7-1-2-16(12-37)19(38)39)11-35-13-22(14-35)5-8-36(9-6-22)21(40)41-20(24(29,30)31)25(32,33)34/h3-4,10,16,20H,1-2,5-9,11-14H2,(H,38,39)/t16-/m0/s1. The monoisotopic (exact) mass is 605 g/mol. The second-order valence-electron chi connectivity index (χ2n) is 10.9. The first kappa shape index (κ1) is 31.0. The van der Waals surface area contributed by atoms with Gasteiger partial charge in [-0.25, -0.2) is 4.79 Å². The number of ether oxygens (including phenoxy) is 1. The smallest absolute Gasteiger partial charge is 0.434 e. The third-order valence-corrected chi connectivity index (χ3v) is 7.93. The number of anilines is 1. The Morgan fingerprint density at radius 2 is 1.59 bits per heavy atom. The highest BCUT2D eigenvalue weighted by Crippen LogP contribution is 2.43. The molecule has 41 heavy (non-hydrogen) atoms. The minimum Gasteiger partial charge on any atom is -0.481 e. The largest absolute Gasteiger partial charge is 0.481 e. The first-order valence-electron chi connectivity index (χ1n) is 12.9. The first-order chi connectivity index (χ1) is 18.9. The van der Waals surface area contributed by atoms with Crippen molar-refractivity contribution < 1.29 is 58.9 Å². The van der Waals surface area contributed by atoms with Crippen molar-refractivity contribution in [1.82, 2.24) is 9.80 Å². The van der Waals surface area contributed by atoms with Crippen molar-refractivity contribution in [2.75, 3.05) is 44.2 Å². The molecular weight excluding hydrogens is 577 g/mol. The normalized spacial score (nSPS) is 22.1. The maximum atomic E-state index is 13.5. The van der Waals surface area contributed by atoms with Crippen molar-refractivity contribution in [2.45, 2.75) is 56.9 Å². The molecule has 4 rings (SSSR count). The fourth-order valence-electron chi connectivity index (χ4n) is 5.80. The molecule has 3 saturated heterocycles. The molecule has 0 aliphatic carbocycles. The zero-order chi connectivity index (χ0) is 30.4. The molecule has 0 bridgehead atoms. The summed E-state index contributed by atoms with van der Waals surface area (Å²) in [7, 11) is 0. The number of nitrogens with zero attached hydrogens (tertiary/aromatic N) is 3. The lowest BCUT2D eigenvalue weighted by Crippen LogP contribution is -2.60. The van der Waals surface area contributed by atoms with E-state index in [9.17, 15) is 54.2 Å². The van der Waals surface area contributed by atoms with E-state index in [2.05, 4.69) is 4.74 Å². The fraction of sp³-hybridized carbons (Fsp3) is 0.680. The Labute approximate surface area is 228 Å².